The summed E-state index contributed by atoms with van der Waals surface area (Å²) in [5.74, 6) is -0.448. The van der Waals surface area contributed by atoms with Crippen LogP contribution in [-0.2, 0) is 41.9 Å². The van der Waals surface area contributed by atoms with Gasteiger partial charge in [0.1, 0.15) is 37.6 Å². The maximum Gasteiger partial charge on any atom is 0.342 e. The molecule has 2 aromatic carbocycles. The zero-order valence-electron chi connectivity index (χ0n) is 18.2. The number of amides is 2. The minimum Gasteiger partial charge on any atom is -0.490 e. The van der Waals surface area contributed by atoms with Crippen LogP contribution < -0.4 is 9.47 Å². The number of benzene rings is 2. The van der Waals surface area contributed by atoms with Crippen LogP contribution in [0.25, 0.3) is 0 Å². The zero-order chi connectivity index (χ0) is 23.9. The van der Waals surface area contributed by atoms with Crippen molar-refractivity contribution in [3.05, 3.63) is 71.8 Å². The van der Waals surface area contributed by atoms with Crippen LogP contribution in [0.3, 0.4) is 0 Å². The van der Waals surface area contributed by atoms with Crippen LogP contribution in [0, 0.1) is 0 Å². The number of hydroxylamine groups is 4. The van der Waals surface area contributed by atoms with Crippen LogP contribution in [0.2, 0.25) is 0 Å². The molecule has 0 aliphatic carbocycles. The fourth-order valence-electron chi connectivity index (χ4n) is 3.21. The van der Waals surface area contributed by atoms with Crippen LogP contribution in [-0.4, -0.2) is 47.1 Å². The fourth-order valence-corrected chi connectivity index (χ4v) is 3.21. The Morgan fingerprint density at radius 1 is 0.647 bits per heavy atom. The lowest BCUT2D eigenvalue weighted by molar-refractivity contribution is -0.180. The monoisotopic (exact) mass is 466 g/mol. The molecule has 0 bridgehead atoms. The van der Waals surface area contributed by atoms with Crippen molar-refractivity contribution in [2.45, 2.75) is 25.9 Å². The first-order chi connectivity index (χ1) is 16.5. The quantitative estimate of drug-likeness (QED) is 0.387. The fraction of sp³-hybridized carbons (Fsp3) is 0.250. The molecule has 2 aliphatic heterocycles. The highest BCUT2D eigenvalue weighted by Crippen LogP contribution is 2.18. The van der Waals surface area contributed by atoms with E-state index in [-0.39, 0.29) is 37.7 Å². The van der Waals surface area contributed by atoms with Crippen molar-refractivity contribution in [3.8, 4) is 11.5 Å². The first-order valence-corrected chi connectivity index (χ1v) is 10.6. The van der Waals surface area contributed by atoms with Gasteiger partial charge in [-0.3, -0.25) is 9.59 Å². The predicted octanol–water partition coefficient (Wildman–Crippen LogP) is 2.08. The molecule has 2 heterocycles. The summed E-state index contributed by atoms with van der Waals surface area (Å²) in [6, 6.07) is 14.3. The normalized spacial score (nSPS) is 15.8. The van der Waals surface area contributed by atoms with E-state index in [0.717, 1.165) is 21.3 Å². The molecule has 2 aliphatic rings. The van der Waals surface area contributed by atoms with Crippen molar-refractivity contribution < 1.29 is 38.3 Å². The smallest absolute Gasteiger partial charge is 0.342 e. The Bertz CT molecular complexity index is 1010. The molecule has 0 saturated carbocycles. The number of ether oxygens (including phenoxy) is 2. The molecule has 2 fully saturated rings. The molecule has 10 nitrogen and oxygen atoms in total. The SMILES string of the molecule is O=C1CC(=O)N(Cc2ccc(OC/C=C/COc3ccc(CN4OC(=O)CC4=O)cc3)cc2)O1. The minimum absolute atomic E-state index is 0.201. The van der Waals surface area contributed by atoms with E-state index in [1.807, 2.05) is 12.2 Å². The van der Waals surface area contributed by atoms with Crippen molar-refractivity contribution in [1.82, 2.24) is 10.1 Å². The second kappa shape index (κ2) is 10.5. The largest absolute Gasteiger partial charge is 0.490 e. The first kappa shape index (κ1) is 22.8. The zero-order valence-corrected chi connectivity index (χ0v) is 18.2. The standard InChI is InChI=1S/C24H22N2O8/c27-21-13-23(29)33-25(21)15-17-3-7-19(8-4-17)31-11-1-2-12-32-20-9-5-18(6-10-20)16-26-22(28)14-24(30)34-26/h1-10H,11-16H2/b2-1+. The molecule has 0 N–H and O–H groups in total. The Morgan fingerprint density at radius 2 is 1.03 bits per heavy atom. The van der Waals surface area contributed by atoms with Gasteiger partial charge in [-0.15, -0.1) is 0 Å². The van der Waals surface area contributed by atoms with Crippen molar-refractivity contribution >= 4 is 23.8 Å². The lowest BCUT2D eigenvalue weighted by atomic mass is 10.2. The third-order valence-electron chi connectivity index (χ3n) is 4.93. The van der Waals surface area contributed by atoms with E-state index in [2.05, 4.69) is 0 Å². The summed E-state index contributed by atoms with van der Waals surface area (Å²) in [6.07, 6.45) is 3.22. The van der Waals surface area contributed by atoms with Crippen LogP contribution in [0.15, 0.2) is 60.7 Å². The lowest BCUT2D eigenvalue weighted by Crippen LogP contribution is -2.22. The van der Waals surface area contributed by atoms with Gasteiger partial charge >= 0.3 is 11.9 Å². The minimum atomic E-state index is -0.540. The van der Waals surface area contributed by atoms with E-state index in [4.69, 9.17) is 19.1 Å². The van der Waals surface area contributed by atoms with Gasteiger partial charge < -0.3 is 19.1 Å². The molecular formula is C24H22N2O8. The highest BCUT2D eigenvalue weighted by atomic mass is 16.7. The molecule has 2 aromatic rings. The molecule has 0 spiro atoms. The second-order valence-electron chi connectivity index (χ2n) is 7.52. The molecule has 0 radical (unpaired) electrons. The van der Waals surface area contributed by atoms with Crippen molar-refractivity contribution in [3.63, 3.8) is 0 Å². The Morgan fingerprint density at radius 3 is 1.35 bits per heavy atom. The van der Waals surface area contributed by atoms with Crippen molar-refractivity contribution in [2.75, 3.05) is 13.2 Å². The van der Waals surface area contributed by atoms with Crippen LogP contribution in [0.5, 0.6) is 11.5 Å². The third kappa shape index (κ3) is 6.12. The number of hydrogen-bond acceptors (Lipinski definition) is 8. The van der Waals surface area contributed by atoms with E-state index in [1.165, 1.54) is 0 Å². The number of rotatable bonds is 10. The number of nitrogens with zero attached hydrogens (tertiary/aromatic N) is 2. The number of carbonyl (C=O) groups excluding carboxylic acids is 4. The summed E-state index contributed by atoms with van der Waals surface area (Å²) in [5, 5.41) is 2.11. The maximum atomic E-state index is 11.6. The Kier molecular flexibility index (Phi) is 7.07. The van der Waals surface area contributed by atoms with E-state index in [1.54, 1.807) is 48.5 Å². The first-order valence-electron chi connectivity index (χ1n) is 10.6. The molecule has 4 rings (SSSR count). The second-order valence-corrected chi connectivity index (χ2v) is 7.52. The molecule has 10 heteroatoms. The molecule has 176 valence electrons. The highest BCUT2D eigenvalue weighted by Gasteiger charge is 2.30. The van der Waals surface area contributed by atoms with Gasteiger partial charge in [-0.05, 0) is 47.5 Å². The molecular weight excluding hydrogens is 444 g/mol. The third-order valence-corrected chi connectivity index (χ3v) is 4.93. The Labute approximate surface area is 195 Å². The van der Waals surface area contributed by atoms with E-state index < -0.39 is 11.9 Å². The van der Waals surface area contributed by atoms with Gasteiger partial charge in [0.15, 0.2) is 0 Å². The van der Waals surface area contributed by atoms with Crippen molar-refractivity contribution in [2.24, 2.45) is 0 Å². The highest BCUT2D eigenvalue weighted by molar-refractivity contribution is 5.98. The topological polar surface area (TPSA) is 112 Å². The van der Waals surface area contributed by atoms with Crippen LogP contribution in [0.4, 0.5) is 0 Å². The average Bonchev–Trinajstić information content (AvgIpc) is 3.31. The molecule has 2 amide bonds. The molecule has 0 unspecified atom stereocenters. The van der Waals surface area contributed by atoms with E-state index in [0.29, 0.717) is 24.7 Å². The Balaban J connectivity index is 1.14. The van der Waals surface area contributed by atoms with Gasteiger partial charge in [-0.2, -0.15) is 10.1 Å². The number of carbonyl (C=O) groups is 4. The van der Waals surface area contributed by atoms with Crippen LogP contribution in [0.1, 0.15) is 24.0 Å². The summed E-state index contributed by atoms with van der Waals surface area (Å²) < 4.78 is 11.3. The predicted molar refractivity (Wildman–Crippen MR) is 116 cm³/mol. The molecule has 34 heavy (non-hydrogen) atoms. The summed E-state index contributed by atoms with van der Waals surface area (Å²) in [7, 11) is 0. The van der Waals surface area contributed by atoms with Gasteiger partial charge in [0.05, 0.1) is 13.1 Å². The van der Waals surface area contributed by atoms with Gasteiger partial charge in [-0.1, -0.05) is 24.3 Å². The molecule has 0 atom stereocenters. The van der Waals surface area contributed by atoms with E-state index >= 15 is 0 Å². The summed E-state index contributed by atoms with van der Waals surface area (Å²) in [5.41, 5.74) is 1.64. The number of hydrogen-bond donors (Lipinski definition) is 0. The van der Waals surface area contributed by atoms with Gasteiger partial charge in [0, 0.05) is 0 Å². The van der Waals surface area contributed by atoms with Crippen LogP contribution >= 0.6 is 0 Å². The molecule has 2 saturated heterocycles. The molecule has 0 aromatic heterocycles. The average molecular weight is 466 g/mol. The maximum absolute atomic E-state index is 11.6. The van der Waals surface area contributed by atoms with Gasteiger partial charge in [0.2, 0.25) is 0 Å². The van der Waals surface area contributed by atoms with Gasteiger partial charge in [0.25, 0.3) is 11.8 Å². The van der Waals surface area contributed by atoms with Crippen molar-refractivity contribution in [1.29, 1.82) is 0 Å². The van der Waals surface area contributed by atoms with Gasteiger partial charge in [-0.25, -0.2) is 9.59 Å². The Hall–Kier alpha value is -4.34. The van der Waals surface area contributed by atoms with E-state index in [9.17, 15) is 19.2 Å². The summed E-state index contributed by atoms with van der Waals surface area (Å²) >= 11 is 0. The summed E-state index contributed by atoms with van der Waals surface area (Å²) in [6.45, 7) is 1.11. The lowest BCUT2D eigenvalue weighted by Gasteiger charge is -2.13. The summed E-state index contributed by atoms with van der Waals surface area (Å²) in [4.78, 5) is 55.1.